The van der Waals surface area contributed by atoms with Crippen LogP contribution in [-0.4, -0.2) is 5.91 Å². The normalized spacial score (nSPS) is 19.6. The fraction of sp³-hybridized carbons (Fsp3) is 0.533. The Kier molecular flexibility index (Phi) is 4.02. The summed E-state index contributed by atoms with van der Waals surface area (Å²) in [5.74, 6) is -0.197. The molecule has 1 aromatic carbocycles. The summed E-state index contributed by atoms with van der Waals surface area (Å²) in [6, 6.07) is 10.1. The molecule has 0 aliphatic heterocycles. The molecule has 0 spiro atoms. The Bertz CT molecular complexity index is 396. The number of rotatable bonds is 5. The van der Waals surface area contributed by atoms with E-state index in [4.69, 9.17) is 11.5 Å². The highest BCUT2D eigenvalue weighted by Gasteiger charge is 2.36. The third-order valence-corrected chi connectivity index (χ3v) is 4.09. The zero-order valence-electron chi connectivity index (χ0n) is 10.8. The molecule has 0 radical (unpaired) electrons. The van der Waals surface area contributed by atoms with E-state index in [2.05, 4.69) is 12.1 Å². The molecule has 3 nitrogen and oxygen atoms in total. The Morgan fingerprint density at radius 1 is 1.22 bits per heavy atom. The molecular formula is C15H22N2O. The topological polar surface area (TPSA) is 69.1 Å². The second-order valence-electron chi connectivity index (χ2n) is 5.57. The van der Waals surface area contributed by atoms with E-state index in [1.165, 1.54) is 12.8 Å². The van der Waals surface area contributed by atoms with Crippen LogP contribution in [0.5, 0.6) is 0 Å². The predicted octanol–water partition coefficient (Wildman–Crippen LogP) is 2.51. The van der Waals surface area contributed by atoms with E-state index in [1.807, 2.05) is 18.2 Å². The van der Waals surface area contributed by atoms with Crippen molar-refractivity contribution in [1.29, 1.82) is 0 Å². The first-order chi connectivity index (χ1) is 8.61. The van der Waals surface area contributed by atoms with Gasteiger partial charge in [0, 0.05) is 12.5 Å². The molecule has 98 valence electrons. The average Bonchev–Trinajstić information content (AvgIpc) is 2.77. The van der Waals surface area contributed by atoms with Crippen LogP contribution in [0.15, 0.2) is 30.3 Å². The predicted molar refractivity (Wildman–Crippen MR) is 72.7 cm³/mol. The van der Waals surface area contributed by atoms with Crippen molar-refractivity contribution >= 4 is 5.91 Å². The van der Waals surface area contributed by atoms with E-state index in [0.717, 1.165) is 24.8 Å². The summed E-state index contributed by atoms with van der Waals surface area (Å²) in [7, 11) is 0. The Morgan fingerprint density at radius 2 is 1.83 bits per heavy atom. The zero-order valence-corrected chi connectivity index (χ0v) is 10.8. The number of carbonyl (C=O) groups is 1. The van der Waals surface area contributed by atoms with Gasteiger partial charge in [-0.3, -0.25) is 4.79 Å². The number of nitrogens with two attached hydrogens (primary N) is 2. The van der Waals surface area contributed by atoms with Crippen LogP contribution in [-0.2, 0) is 4.79 Å². The molecule has 0 aromatic heterocycles. The minimum absolute atomic E-state index is 0.00338. The highest BCUT2D eigenvalue weighted by molar-refractivity contribution is 5.74. The van der Waals surface area contributed by atoms with Crippen molar-refractivity contribution in [2.45, 2.75) is 44.6 Å². The zero-order chi connectivity index (χ0) is 13.0. The Balaban J connectivity index is 2.07. The second-order valence-corrected chi connectivity index (χ2v) is 5.57. The van der Waals surface area contributed by atoms with E-state index in [-0.39, 0.29) is 17.4 Å². The van der Waals surface area contributed by atoms with Crippen molar-refractivity contribution < 1.29 is 4.79 Å². The van der Waals surface area contributed by atoms with Crippen LogP contribution < -0.4 is 11.5 Å². The minimum atomic E-state index is -0.197. The second kappa shape index (κ2) is 5.53. The van der Waals surface area contributed by atoms with E-state index < -0.39 is 0 Å². The maximum atomic E-state index is 11.3. The lowest BCUT2D eigenvalue weighted by Gasteiger charge is -2.30. The fourth-order valence-electron chi connectivity index (χ4n) is 3.23. The van der Waals surface area contributed by atoms with Crippen LogP contribution in [0.2, 0.25) is 0 Å². The molecule has 1 aliphatic carbocycles. The highest BCUT2D eigenvalue weighted by atomic mass is 16.1. The van der Waals surface area contributed by atoms with Crippen LogP contribution in [0, 0.1) is 5.41 Å². The molecule has 1 aromatic rings. The molecule has 4 N–H and O–H groups in total. The molecule has 1 unspecified atom stereocenters. The van der Waals surface area contributed by atoms with Gasteiger partial charge in [-0.15, -0.1) is 0 Å². The maximum Gasteiger partial charge on any atom is 0.217 e. The number of hydrogen-bond donors (Lipinski definition) is 2. The van der Waals surface area contributed by atoms with E-state index in [1.54, 1.807) is 0 Å². The summed E-state index contributed by atoms with van der Waals surface area (Å²) in [6.45, 7) is 0. The Morgan fingerprint density at radius 3 is 2.39 bits per heavy atom. The molecular weight excluding hydrogens is 224 g/mol. The Hall–Kier alpha value is -1.35. The number of primary amides is 1. The van der Waals surface area contributed by atoms with Crippen molar-refractivity contribution in [1.82, 2.24) is 0 Å². The van der Waals surface area contributed by atoms with Gasteiger partial charge in [0.2, 0.25) is 5.91 Å². The van der Waals surface area contributed by atoms with Crippen molar-refractivity contribution in [3.8, 4) is 0 Å². The summed E-state index contributed by atoms with van der Waals surface area (Å²) < 4.78 is 0. The molecule has 2 rings (SSSR count). The number of amides is 1. The lowest BCUT2D eigenvalue weighted by atomic mass is 9.76. The molecule has 1 amide bonds. The first-order valence-corrected chi connectivity index (χ1v) is 6.70. The molecule has 0 heterocycles. The van der Waals surface area contributed by atoms with Gasteiger partial charge >= 0.3 is 0 Å². The lowest BCUT2D eigenvalue weighted by molar-refractivity contribution is -0.120. The van der Waals surface area contributed by atoms with Gasteiger partial charge in [0.15, 0.2) is 0 Å². The van der Waals surface area contributed by atoms with Crippen LogP contribution >= 0.6 is 0 Å². The van der Waals surface area contributed by atoms with Crippen LogP contribution in [0.3, 0.4) is 0 Å². The molecule has 0 saturated heterocycles. The van der Waals surface area contributed by atoms with Crippen molar-refractivity contribution in [3.05, 3.63) is 35.9 Å². The third-order valence-electron chi connectivity index (χ3n) is 4.09. The summed E-state index contributed by atoms with van der Waals surface area (Å²) in [6.07, 6.45) is 5.88. The van der Waals surface area contributed by atoms with Crippen molar-refractivity contribution in [3.63, 3.8) is 0 Å². The van der Waals surface area contributed by atoms with Crippen LogP contribution in [0.1, 0.15) is 50.1 Å². The largest absolute Gasteiger partial charge is 0.370 e. The van der Waals surface area contributed by atoms with E-state index in [0.29, 0.717) is 6.42 Å². The van der Waals surface area contributed by atoms with Crippen molar-refractivity contribution in [2.75, 3.05) is 0 Å². The van der Waals surface area contributed by atoms with Gasteiger partial charge in [-0.05, 0) is 30.2 Å². The summed E-state index contributed by atoms with van der Waals surface area (Å²) >= 11 is 0. The Labute approximate surface area is 109 Å². The van der Waals surface area contributed by atoms with E-state index in [9.17, 15) is 4.79 Å². The summed E-state index contributed by atoms with van der Waals surface area (Å²) in [4.78, 5) is 11.3. The van der Waals surface area contributed by atoms with Crippen molar-refractivity contribution in [2.24, 2.45) is 16.9 Å². The highest BCUT2D eigenvalue weighted by Crippen LogP contribution is 2.46. The van der Waals surface area contributed by atoms with Gasteiger partial charge in [-0.25, -0.2) is 0 Å². The minimum Gasteiger partial charge on any atom is -0.370 e. The smallest absolute Gasteiger partial charge is 0.217 e. The van der Waals surface area contributed by atoms with Gasteiger partial charge in [0.25, 0.3) is 0 Å². The van der Waals surface area contributed by atoms with Gasteiger partial charge in [-0.2, -0.15) is 0 Å². The third kappa shape index (κ3) is 3.10. The van der Waals surface area contributed by atoms with E-state index >= 15 is 0 Å². The van der Waals surface area contributed by atoms with Gasteiger partial charge < -0.3 is 11.5 Å². The molecule has 1 atom stereocenters. The lowest BCUT2D eigenvalue weighted by Crippen LogP contribution is -2.29. The molecule has 1 fully saturated rings. The number of benzene rings is 1. The standard InChI is InChI=1S/C15H22N2O/c16-13(12-6-2-1-3-7-12)10-15(11-14(17)18)8-4-5-9-15/h1-3,6-7,13H,4-5,8-11,16H2,(H2,17,18). The molecule has 0 bridgehead atoms. The molecule has 18 heavy (non-hydrogen) atoms. The molecule has 3 heteroatoms. The van der Waals surface area contributed by atoms with Gasteiger partial charge in [0.1, 0.15) is 0 Å². The van der Waals surface area contributed by atoms with Crippen LogP contribution in [0.25, 0.3) is 0 Å². The van der Waals surface area contributed by atoms with Gasteiger partial charge in [0.05, 0.1) is 0 Å². The fourth-order valence-corrected chi connectivity index (χ4v) is 3.23. The SMILES string of the molecule is NC(=O)CC1(CC(N)c2ccccc2)CCCC1. The summed E-state index contributed by atoms with van der Waals surface area (Å²) in [5.41, 5.74) is 12.9. The molecule has 1 aliphatic rings. The first-order valence-electron chi connectivity index (χ1n) is 6.70. The number of hydrogen-bond acceptors (Lipinski definition) is 2. The number of carbonyl (C=O) groups excluding carboxylic acids is 1. The first kappa shape index (κ1) is 13.1. The average molecular weight is 246 g/mol. The van der Waals surface area contributed by atoms with Crippen LogP contribution in [0.4, 0.5) is 0 Å². The molecule has 1 saturated carbocycles. The maximum absolute atomic E-state index is 11.3. The van der Waals surface area contributed by atoms with Gasteiger partial charge in [-0.1, -0.05) is 43.2 Å². The quantitative estimate of drug-likeness (QED) is 0.838. The monoisotopic (exact) mass is 246 g/mol. The summed E-state index contributed by atoms with van der Waals surface area (Å²) in [5, 5.41) is 0.